The zero-order chi connectivity index (χ0) is 13.7. The largest absolute Gasteiger partial charge is 0.309 e. The molecule has 2 aromatic rings. The van der Waals surface area contributed by atoms with Crippen molar-refractivity contribution in [3.05, 3.63) is 29.8 Å². The number of rotatable bonds is 6. The van der Waals surface area contributed by atoms with E-state index in [2.05, 4.69) is 51.5 Å². The Balaban J connectivity index is 1.98. The predicted molar refractivity (Wildman–Crippen MR) is 76.2 cm³/mol. The highest BCUT2D eigenvalue weighted by molar-refractivity contribution is 7.99. The van der Waals surface area contributed by atoms with Gasteiger partial charge in [0.2, 0.25) is 5.16 Å². The monoisotopic (exact) mass is 277 g/mol. The molecule has 1 unspecified atom stereocenters. The second-order valence-electron chi connectivity index (χ2n) is 4.40. The van der Waals surface area contributed by atoms with E-state index in [4.69, 9.17) is 0 Å². The van der Waals surface area contributed by atoms with Gasteiger partial charge in [-0.1, -0.05) is 6.92 Å². The van der Waals surface area contributed by atoms with Gasteiger partial charge in [0.25, 0.3) is 0 Å². The van der Waals surface area contributed by atoms with Crippen LogP contribution in [-0.2, 0) is 0 Å². The molecule has 0 aliphatic heterocycles. The molecular formula is C13H19N5S. The van der Waals surface area contributed by atoms with E-state index in [-0.39, 0.29) is 6.04 Å². The Morgan fingerprint density at radius 1 is 1.42 bits per heavy atom. The van der Waals surface area contributed by atoms with Crippen LogP contribution in [0.2, 0.25) is 0 Å². The summed E-state index contributed by atoms with van der Waals surface area (Å²) in [5.74, 6) is 0.824. The van der Waals surface area contributed by atoms with Gasteiger partial charge in [0, 0.05) is 17.1 Å². The van der Waals surface area contributed by atoms with Crippen molar-refractivity contribution < 1.29 is 0 Å². The van der Waals surface area contributed by atoms with Crippen molar-refractivity contribution in [1.29, 1.82) is 0 Å². The molecular weight excluding hydrogens is 258 g/mol. The highest BCUT2D eigenvalue weighted by Gasteiger charge is 2.07. The summed E-state index contributed by atoms with van der Waals surface area (Å²) in [6, 6.07) is 4.39. The van der Waals surface area contributed by atoms with Crippen molar-refractivity contribution >= 4 is 11.8 Å². The van der Waals surface area contributed by atoms with Crippen LogP contribution < -0.4 is 5.32 Å². The van der Waals surface area contributed by atoms with Crippen LogP contribution in [0.5, 0.6) is 0 Å². The molecule has 2 aromatic heterocycles. The zero-order valence-electron chi connectivity index (χ0n) is 11.5. The SMILES string of the molecule is CCCNC(C)c1ccc(Sc2n[nH]c(C)n2)cn1. The third-order valence-corrected chi connectivity index (χ3v) is 3.53. The molecule has 0 aliphatic rings. The number of pyridine rings is 1. The summed E-state index contributed by atoms with van der Waals surface area (Å²) in [6.45, 7) is 7.19. The molecule has 0 amide bonds. The van der Waals surface area contributed by atoms with Crippen molar-refractivity contribution in [1.82, 2.24) is 25.5 Å². The molecule has 2 N–H and O–H groups in total. The minimum Gasteiger partial charge on any atom is -0.309 e. The van der Waals surface area contributed by atoms with Gasteiger partial charge >= 0.3 is 0 Å². The van der Waals surface area contributed by atoms with Gasteiger partial charge in [-0.3, -0.25) is 10.1 Å². The average Bonchev–Trinajstić information content (AvgIpc) is 2.82. The summed E-state index contributed by atoms with van der Waals surface area (Å²) in [6.07, 6.45) is 3.00. The van der Waals surface area contributed by atoms with Gasteiger partial charge in [-0.15, -0.1) is 5.10 Å². The van der Waals surface area contributed by atoms with E-state index < -0.39 is 0 Å². The third-order valence-electron chi connectivity index (χ3n) is 2.69. The van der Waals surface area contributed by atoms with E-state index >= 15 is 0 Å². The standard InChI is InChI=1S/C13H19N5S/c1-4-7-14-9(2)12-6-5-11(8-15-12)19-13-16-10(3)17-18-13/h5-6,8-9,14H,4,7H2,1-3H3,(H,16,17,18). The number of aromatic amines is 1. The first-order valence-electron chi connectivity index (χ1n) is 6.45. The van der Waals surface area contributed by atoms with Crippen LogP contribution in [0.3, 0.4) is 0 Å². The second-order valence-corrected chi connectivity index (χ2v) is 5.44. The number of H-pyrrole nitrogens is 1. The fraction of sp³-hybridized carbons (Fsp3) is 0.462. The number of nitrogens with one attached hydrogen (secondary N) is 2. The molecule has 0 saturated carbocycles. The van der Waals surface area contributed by atoms with E-state index in [0.717, 1.165) is 34.5 Å². The Morgan fingerprint density at radius 3 is 2.84 bits per heavy atom. The van der Waals surface area contributed by atoms with Crippen molar-refractivity contribution in [2.24, 2.45) is 0 Å². The van der Waals surface area contributed by atoms with Crippen molar-refractivity contribution in [2.75, 3.05) is 6.54 Å². The summed E-state index contributed by atoms with van der Waals surface area (Å²) >= 11 is 1.51. The van der Waals surface area contributed by atoms with Crippen LogP contribution >= 0.6 is 11.8 Å². The minimum atomic E-state index is 0.282. The van der Waals surface area contributed by atoms with Gasteiger partial charge in [-0.05, 0) is 50.7 Å². The molecule has 0 radical (unpaired) electrons. The van der Waals surface area contributed by atoms with Gasteiger partial charge in [-0.2, -0.15) is 0 Å². The maximum absolute atomic E-state index is 4.49. The molecule has 6 heteroatoms. The van der Waals surface area contributed by atoms with E-state index in [1.165, 1.54) is 11.8 Å². The molecule has 102 valence electrons. The maximum Gasteiger partial charge on any atom is 0.213 e. The maximum atomic E-state index is 4.49. The molecule has 0 aromatic carbocycles. The van der Waals surface area contributed by atoms with Crippen LogP contribution in [-0.4, -0.2) is 26.7 Å². The lowest BCUT2D eigenvalue weighted by Gasteiger charge is -2.12. The van der Waals surface area contributed by atoms with Gasteiger partial charge in [0.05, 0.1) is 5.69 Å². The zero-order valence-corrected chi connectivity index (χ0v) is 12.3. The van der Waals surface area contributed by atoms with E-state index in [1.54, 1.807) is 0 Å². The normalized spacial score (nSPS) is 12.6. The number of aromatic nitrogens is 4. The van der Waals surface area contributed by atoms with Crippen molar-refractivity contribution in [3.8, 4) is 0 Å². The molecule has 0 aliphatic carbocycles. The Bertz CT molecular complexity index is 508. The van der Waals surface area contributed by atoms with Crippen molar-refractivity contribution in [3.63, 3.8) is 0 Å². The minimum absolute atomic E-state index is 0.282. The van der Waals surface area contributed by atoms with Gasteiger partial charge < -0.3 is 5.32 Å². The Kier molecular flexibility index (Phi) is 4.93. The molecule has 0 fully saturated rings. The fourth-order valence-electron chi connectivity index (χ4n) is 1.65. The third kappa shape index (κ3) is 4.04. The van der Waals surface area contributed by atoms with Gasteiger partial charge in [0.1, 0.15) is 5.82 Å². The topological polar surface area (TPSA) is 66.5 Å². The summed E-state index contributed by atoms with van der Waals surface area (Å²) in [7, 11) is 0. The lowest BCUT2D eigenvalue weighted by atomic mass is 10.2. The quantitative estimate of drug-likeness (QED) is 0.850. The highest BCUT2D eigenvalue weighted by Crippen LogP contribution is 2.24. The molecule has 2 heterocycles. The van der Waals surface area contributed by atoms with Crippen LogP contribution in [0.25, 0.3) is 0 Å². The molecule has 0 spiro atoms. The van der Waals surface area contributed by atoms with Crippen LogP contribution in [0, 0.1) is 6.92 Å². The highest BCUT2D eigenvalue weighted by atomic mass is 32.2. The summed E-state index contributed by atoms with van der Waals surface area (Å²) < 4.78 is 0. The number of hydrogen-bond donors (Lipinski definition) is 2. The Morgan fingerprint density at radius 2 is 2.26 bits per heavy atom. The molecule has 19 heavy (non-hydrogen) atoms. The summed E-state index contributed by atoms with van der Waals surface area (Å²) in [4.78, 5) is 9.79. The molecule has 2 rings (SSSR count). The molecule has 5 nitrogen and oxygen atoms in total. The first-order valence-corrected chi connectivity index (χ1v) is 7.27. The fourth-order valence-corrected chi connectivity index (χ4v) is 2.37. The van der Waals surface area contributed by atoms with Crippen molar-refractivity contribution in [2.45, 2.75) is 43.3 Å². The first-order chi connectivity index (χ1) is 9.19. The van der Waals surface area contributed by atoms with Crippen LogP contribution in [0.4, 0.5) is 0 Å². The van der Waals surface area contributed by atoms with Gasteiger partial charge in [-0.25, -0.2) is 4.98 Å². The average molecular weight is 277 g/mol. The smallest absolute Gasteiger partial charge is 0.213 e. The summed E-state index contributed by atoms with van der Waals surface area (Å²) in [5.41, 5.74) is 1.06. The van der Waals surface area contributed by atoms with Crippen LogP contribution in [0.1, 0.15) is 37.8 Å². The first kappa shape index (κ1) is 14.0. The number of hydrogen-bond acceptors (Lipinski definition) is 5. The Hall–Kier alpha value is -1.40. The van der Waals surface area contributed by atoms with E-state index in [0.29, 0.717) is 0 Å². The molecule has 0 saturated heterocycles. The lowest BCUT2D eigenvalue weighted by molar-refractivity contribution is 0.558. The predicted octanol–water partition coefficient (Wildman–Crippen LogP) is 2.72. The molecule has 1 atom stereocenters. The number of nitrogens with zero attached hydrogens (tertiary/aromatic N) is 3. The van der Waals surface area contributed by atoms with E-state index in [9.17, 15) is 0 Å². The molecule has 0 bridgehead atoms. The van der Waals surface area contributed by atoms with Gasteiger partial charge in [0.15, 0.2) is 0 Å². The summed E-state index contributed by atoms with van der Waals surface area (Å²) in [5, 5.41) is 11.1. The second kappa shape index (κ2) is 6.68. The lowest BCUT2D eigenvalue weighted by Crippen LogP contribution is -2.20. The Labute approximate surface area is 117 Å². The van der Waals surface area contributed by atoms with Crippen LogP contribution in [0.15, 0.2) is 28.4 Å². The van der Waals surface area contributed by atoms with E-state index in [1.807, 2.05) is 13.1 Å². The number of aryl methyl sites for hydroxylation is 1.